The van der Waals surface area contributed by atoms with Gasteiger partial charge in [-0.1, -0.05) is 41.9 Å². The molecule has 1 aliphatic carbocycles. The van der Waals surface area contributed by atoms with E-state index in [9.17, 15) is 9.59 Å². The van der Waals surface area contributed by atoms with E-state index in [1.54, 1.807) is 31.4 Å². The highest BCUT2D eigenvalue weighted by Crippen LogP contribution is 2.56. The van der Waals surface area contributed by atoms with Gasteiger partial charge in [-0.25, -0.2) is 0 Å². The first-order chi connectivity index (χ1) is 16.8. The molecule has 2 aliphatic heterocycles. The van der Waals surface area contributed by atoms with Crippen molar-refractivity contribution in [2.75, 3.05) is 12.4 Å². The summed E-state index contributed by atoms with van der Waals surface area (Å²) in [6.07, 6.45) is 0. The molecule has 35 heavy (non-hydrogen) atoms. The van der Waals surface area contributed by atoms with E-state index in [0.717, 1.165) is 45.2 Å². The van der Waals surface area contributed by atoms with Crippen LogP contribution < -0.4 is 10.1 Å². The number of carbonyl (C=O) groups excluding carboxylic acids is 2. The second kappa shape index (κ2) is 6.76. The second-order valence-corrected chi connectivity index (χ2v) is 10.7. The Bertz CT molecular complexity index is 1630. The summed E-state index contributed by atoms with van der Waals surface area (Å²) < 4.78 is 7.75. The molecule has 0 saturated carbocycles. The maximum Gasteiger partial charge on any atom is 0.196 e. The van der Waals surface area contributed by atoms with Crippen molar-refractivity contribution in [3.05, 3.63) is 93.1 Å². The lowest BCUT2D eigenvalue weighted by Crippen LogP contribution is -2.46. The van der Waals surface area contributed by atoms with E-state index in [4.69, 9.17) is 16.3 Å². The predicted molar refractivity (Wildman–Crippen MR) is 136 cm³/mol. The maximum atomic E-state index is 13.7. The van der Waals surface area contributed by atoms with E-state index in [1.807, 2.05) is 24.3 Å². The molecule has 0 fully saturated rings. The predicted octanol–water partition coefficient (Wildman–Crippen LogP) is 6.04. The number of ketones is 2. The third kappa shape index (κ3) is 2.54. The van der Waals surface area contributed by atoms with E-state index < -0.39 is 0 Å². The minimum atomic E-state index is -0.325. The zero-order valence-electron chi connectivity index (χ0n) is 19.6. The number of carbonyl (C=O) groups is 2. The molecule has 0 radical (unpaired) electrons. The maximum absolute atomic E-state index is 13.7. The molecule has 1 aromatic heterocycles. The van der Waals surface area contributed by atoms with Crippen molar-refractivity contribution in [3.63, 3.8) is 0 Å². The number of methoxy groups -OCH3 is 1. The lowest BCUT2D eigenvalue weighted by molar-refractivity contribution is 0.0979. The van der Waals surface area contributed by atoms with Gasteiger partial charge in [0.15, 0.2) is 11.6 Å². The first-order valence-corrected chi connectivity index (χ1v) is 12.2. The summed E-state index contributed by atoms with van der Waals surface area (Å²) in [4.78, 5) is 27.1. The van der Waals surface area contributed by atoms with Gasteiger partial charge in [-0.3, -0.25) is 9.59 Å². The summed E-state index contributed by atoms with van der Waals surface area (Å²) in [5.41, 5.74) is 5.46. The molecule has 0 unspecified atom stereocenters. The van der Waals surface area contributed by atoms with Gasteiger partial charge in [0.05, 0.1) is 28.9 Å². The largest absolute Gasteiger partial charge is 0.497 e. The number of halogens is 1. The van der Waals surface area contributed by atoms with Gasteiger partial charge >= 0.3 is 0 Å². The highest BCUT2D eigenvalue weighted by molar-refractivity contribution is 6.37. The molecule has 6 heteroatoms. The number of rotatable bonds is 1. The van der Waals surface area contributed by atoms with Crippen LogP contribution in [-0.2, 0) is 6.54 Å². The van der Waals surface area contributed by atoms with Crippen molar-refractivity contribution in [2.45, 2.75) is 31.8 Å². The number of anilines is 1. The van der Waals surface area contributed by atoms with Crippen LogP contribution in [0.15, 0.2) is 54.6 Å². The summed E-state index contributed by atoms with van der Waals surface area (Å²) in [5, 5.41) is 5.37. The van der Waals surface area contributed by atoms with Gasteiger partial charge in [-0.05, 0) is 43.7 Å². The lowest BCUT2D eigenvalue weighted by atomic mass is 9.69. The van der Waals surface area contributed by atoms with Crippen molar-refractivity contribution in [1.82, 2.24) is 4.57 Å². The minimum absolute atomic E-state index is 0.00230. The highest BCUT2D eigenvalue weighted by atomic mass is 35.5. The van der Waals surface area contributed by atoms with E-state index in [2.05, 4.69) is 29.8 Å². The van der Waals surface area contributed by atoms with Crippen LogP contribution in [0.25, 0.3) is 10.9 Å². The molecule has 0 bridgehead atoms. The van der Waals surface area contributed by atoms with Crippen LogP contribution in [0.2, 0.25) is 5.02 Å². The number of nitrogens with one attached hydrogen (secondary N) is 1. The number of fused-ring (bicyclic) bond motifs is 10. The molecule has 174 valence electrons. The van der Waals surface area contributed by atoms with Crippen LogP contribution in [0.1, 0.15) is 62.9 Å². The highest BCUT2D eigenvalue weighted by Gasteiger charge is 2.50. The molecule has 2 atom stereocenters. The average molecular weight is 483 g/mol. The Morgan fingerprint density at radius 1 is 1.00 bits per heavy atom. The van der Waals surface area contributed by atoms with Crippen LogP contribution in [0, 0.1) is 5.92 Å². The summed E-state index contributed by atoms with van der Waals surface area (Å²) in [6.45, 7) is 5.14. The third-order valence-electron chi connectivity index (χ3n) is 8.16. The molecule has 3 heterocycles. The molecule has 0 amide bonds. The first kappa shape index (κ1) is 20.8. The molecular weight excluding hydrogens is 460 g/mol. The fourth-order valence-electron chi connectivity index (χ4n) is 6.45. The number of aromatic nitrogens is 1. The third-order valence-corrected chi connectivity index (χ3v) is 8.55. The molecule has 3 aliphatic rings. The van der Waals surface area contributed by atoms with Gasteiger partial charge in [0.1, 0.15) is 5.75 Å². The number of ether oxygens (including phenoxy) is 1. The zero-order chi connectivity index (χ0) is 24.2. The van der Waals surface area contributed by atoms with Gasteiger partial charge in [0, 0.05) is 51.7 Å². The van der Waals surface area contributed by atoms with E-state index >= 15 is 0 Å². The average Bonchev–Trinajstić information content (AvgIpc) is 3.38. The van der Waals surface area contributed by atoms with Crippen LogP contribution in [0.4, 0.5) is 5.69 Å². The fourth-order valence-corrected chi connectivity index (χ4v) is 6.82. The second-order valence-electron chi connectivity index (χ2n) is 10.3. The molecule has 0 saturated heterocycles. The summed E-state index contributed by atoms with van der Waals surface area (Å²) in [7, 11) is 1.65. The topological polar surface area (TPSA) is 60.3 Å². The van der Waals surface area contributed by atoms with Crippen molar-refractivity contribution < 1.29 is 14.3 Å². The first-order valence-electron chi connectivity index (χ1n) is 11.8. The van der Waals surface area contributed by atoms with Crippen LogP contribution >= 0.6 is 11.6 Å². The monoisotopic (exact) mass is 482 g/mol. The van der Waals surface area contributed by atoms with Gasteiger partial charge in [-0.15, -0.1) is 0 Å². The molecule has 5 nitrogen and oxygen atoms in total. The number of hydrogen-bond donors (Lipinski definition) is 1. The molecule has 4 aromatic rings. The molecular formula is C29H23ClN2O3. The van der Waals surface area contributed by atoms with Gasteiger partial charge in [0.2, 0.25) is 0 Å². The SMILES string of the molecule is COc1ccc2c(c1)c(Cl)c1n2C[C@@H]2[C@H]1c1ccc3c(c1NC2(C)C)C(=O)c1ccccc1C3=O. The molecule has 3 aromatic carbocycles. The van der Waals surface area contributed by atoms with Crippen LogP contribution in [0.5, 0.6) is 5.75 Å². The standard InChI is InChI=1S/C29H23ClN2O3/c1-29(2)20-13-32-21-11-8-14(35-3)12-19(21)24(30)26(32)22(20)17-9-10-18-23(25(17)31-29)28(34)16-7-5-4-6-15(16)27(18)33/h4-12,20,22,31H,13H2,1-3H3/t20-,22-/m1/s1. The Morgan fingerprint density at radius 3 is 2.49 bits per heavy atom. The van der Waals surface area contributed by atoms with Gasteiger partial charge in [0.25, 0.3) is 0 Å². The number of hydrogen-bond acceptors (Lipinski definition) is 4. The minimum Gasteiger partial charge on any atom is -0.497 e. The van der Waals surface area contributed by atoms with Gasteiger partial charge in [-0.2, -0.15) is 0 Å². The van der Waals surface area contributed by atoms with E-state index in [0.29, 0.717) is 22.3 Å². The van der Waals surface area contributed by atoms with Crippen molar-refractivity contribution >= 4 is 39.8 Å². The Kier molecular flexibility index (Phi) is 4.01. The zero-order valence-corrected chi connectivity index (χ0v) is 20.4. The Balaban J connectivity index is 1.49. The number of nitrogens with zero attached hydrogens (tertiary/aromatic N) is 1. The Labute approximate surface area is 207 Å². The Morgan fingerprint density at radius 2 is 1.74 bits per heavy atom. The lowest BCUT2D eigenvalue weighted by Gasteiger charge is -2.44. The van der Waals surface area contributed by atoms with E-state index in [1.165, 1.54) is 0 Å². The molecule has 0 spiro atoms. The fraction of sp³-hybridized carbons (Fsp3) is 0.241. The quantitative estimate of drug-likeness (QED) is 0.316. The van der Waals surface area contributed by atoms with Gasteiger partial charge < -0.3 is 14.6 Å². The normalized spacial score (nSPS) is 21.0. The summed E-state index contributed by atoms with van der Waals surface area (Å²) in [5.74, 6) is 0.780. The van der Waals surface area contributed by atoms with Crippen molar-refractivity contribution in [1.29, 1.82) is 0 Å². The molecule has 1 N–H and O–H groups in total. The van der Waals surface area contributed by atoms with Crippen molar-refractivity contribution in [2.24, 2.45) is 5.92 Å². The molecule has 7 rings (SSSR count). The summed E-state index contributed by atoms with van der Waals surface area (Å²) in [6, 6.07) is 16.9. The smallest absolute Gasteiger partial charge is 0.196 e. The van der Waals surface area contributed by atoms with Crippen molar-refractivity contribution in [3.8, 4) is 5.75 Å². The summed E-state index contributed by atoms with van der Waals surface area (Å²) >= 11 is 7.06. The van der Waals surface area contributed by atoms with E-state index in [-0.39, 0.29) is 28.9 Å². The number of benzene rings is 3. The Hall–Kier alpha value is -3.57. The van der Waals surface area contributed by atoms with Crippen LogP contribution in [0.3, 0.4) is 0 Å². The van der Waals surface area contributed by atoms with Crippen LogP contribution in [-0.4, -0.2) is 28.8 Å².